The first-order valence-corrected chi connectivity index (χ1v) is 11.3. The molecule has 1 fully saturated rings. The molecule has 0 aromatic heterocycles. The Kier molecular flexibility index (Phi) is 6.76. The van der Waals surface area contributed by atoms with Gasteiger partial charge in [0.05, 0.1) is 50.4 Å². The second-order valence-electron chi connectivity index (χ2n) is 7.06. The highest BCUT2D eigenvalue weighted by Gasteiger charge is 2.32. The average Bonchev–Trinajstić information content (AvgIpc) is 2.74. The third kappa shape index (κ3) is 4.89. The number of nitrogens with one attached hydrogen (secondary N) is 1. The largest absolute Gasteiger partial charge is 0.492 e. The number of quaternary nitrogens is 1. The monoisotopic (exact) mass is 418 g/mol. The Morgan fingerprint density at radius 1 is 1.07 bits per heavy atom. The first-order chi connectivity index (χ1) is 13.9. The van der Waals surface area contributed by atoms with Crippen LogP contribution in [-0.4, -0.2) is 65.6 Å². The van der Waals surface area contributed by atoms with E-state index in [1.165, 1.54) is 21.3 Å². The fraction of sp³-hybridized carbons (Fsp3) is 0.381. The Balaban J connectivity index is 1.97. The molecule has 8 heteroatoms. The molecule has 1 amide bonds. The van der Waals surface area contributed by atoms with E-state index >= 15 is 0 Å². The molecule has 2 aromatic rings. The number of hydrogen-bond acceptors (Lipinski definition) is 4. The third-order valence-electron chi connectivity index (χ3n) is 5.01. The fourth-order valence-corrected chi connectivity index (χ4v) is 4.77. The van der Waals surface area contributed by atoms with Gasteiger partial charge in [-0.2, -0.15) is 0 Å². The van der Waals surface area contributed by atoms with Crippen LogP contribution in [-0.2, 0) is 14.8 Å². The number of carbonyl (C=O) groups excluding carboxylic acids is 1. The smallest absolute Gasteiger partial charge is 0.264 e. The maximum absolute atomic E-state index is 13.5. The molecule has 1 saturated heterocycles. The van der Waals surface area contributed by atoms with Gasteiger partial charge in [0.25, 0.3) is 10.0 Å². The molecule has 0 aliphatic carbocycles. The van der Waals surface area contributed by atoms with Crippen molar-refractivity contribution >= 4 is 21.6 Å². The summed E-state index contributed by atoms with van der Waals surface area (Å²) in [6.07, 6.45) is 0. The number of anilines is 1. The highest BCUT2D eigenvalue weighted by molar-refractivity contribution is 7.92. The maximum Gasteiger partial charge on any atom is 0.264 e. The van der Waals surface area contributed by atoms with E-state index in [0.717, 1.165) is 13.1 Å². The Morgan fingerprint density at radius 2 is 1.69 bits per heavy atom. The van der Waals surface area contributed by atoms with Crippen LogP contribution in [0.2, 0.25) is 0 Å². The zero-order valence-electron chi connectivity index (χ0n) is 16.9. The molecule has 1 heterocycles. The van der Waals surface area contributed by atoms with E-state index in [1.54, 1.807) is 47.4 Å². The van der Waals surface area contributed by atoms with Gasteiger partial charge in [-0.15, -0.1) is 0 Å². The number of piperazine rings is 1. The zero-order valence-corrected chi connectivity index (χ0v) is 17.7. The lowest BCUT2D eigenvalue weighted by Gasteiger charge is -2.32. The molecule has 29 heavy (non-hydrogen) atoms. The molecule has 0 spiro atoms. The number of amides is 1. The Labute approximate surface area is 172 Å². The molecular formula is C21H28N3O4S+. The van der Waals surface area contributed by atoms with Gasteiger partial charge < -0.3 is 14.5 Å². The summed E-state index contributed by atoms with van der Waals surface area (Å²) in [5, 5.41) is 0. The normalized spacial score (nSPS) is 15.2. The van der Waals surface area contributed by atoms with E-state index in [-0.39, 0.29) is 17.3 Å². The molecule has 1 aliphatic rings. The minimum Gasteiger partial charge on any atom is -0.492 e. The minimum absolute atomic E-state index is 0.141. The molecule has 0 bridgehead atoms. The summed E-state index contributed by atoms with van der Waals surface area (Å²) < 4.78 is 33.7. The summed E-state index contributed by atoms with van der Waals surface area (Å²) in [4.78, 5) is 16.3. The van der Waals surface area contributed by atoms with Crippen molar-refractivity contribution in [2.24, 2.45) is 0 Å². The van der Waals surface area contributed by atoms with Gasteiger partial charge in [-0.3, -0.25) is 9.10 Å². The van der Waals surface area contributed by atoms with E-state index < -0.39 is 10.0 Å². The Morgan fingerprint density at radius 3 is 2.34 bits per heavy atom. The van der Waals surface area contributed by atoms with Crippen molar-refractivity contribution < 1.29 is 22.8 Å². The van der Waals surface area contributed by atoms with Crippen LogP contribution in [0.5, 0.6) is 5.75 Å². The van der Waals surface area contributed by atoms with Gasteiger partial charge in [0.2, 0.25) is 5.91 Å². The van der Waals surface area contributed by atoms with E-state index in [9.17, 15) is 13.2 Å². The lowest BCUT2D eigenvalue weighted by atomic mass is 10.2. The summed E-state index contributed by atoms with van der Waals surface area (Å²) in [6.45, 7) is 4.92. The van der Waals surface area contributed by atoms with Gasteiger partial charge in [-0.25, -0.2) is 8.42 Å². The number of para-hydroxylation sites is 2. The molecule has 1 N–H and O–H groups in total. The molecule has 156 valence electrons. The Hall–Kier alpha value is -2.58. The lowest BCUT2D eigenvalue weighted by molar-refractivity contribution is -0.883. The summed E-state index contributed by atoms with van der Waals surface area (Å²) >= 11 is 0. The summed E-state index contributed by atoms with van der Waals surface area (Å²) in [5.41, 5.74) is 0.367. The van der Waals surface area contributed by atoms with Gasteiger partial charge in [0, 0.05) is 0 Å². The van der Waals surface area contributed by atoms with Crippen LogP contribution < -0.4 is 13.9 Å². The van der Waals surface area contributed by atoms with Crippen LogP contribution >= 0.6 is 0 Å². The molecule has 0 atom stereocenters. The summed E-state index contributed by atoms with van der Waals surface area (Å²) in [7, 11) is -1.85. The number of nitrogens with zero attached hydrogens (tertiary/aromatic N) is 2. The minimum atomic E-state index is -3.94. The van der Waals surface area contributed by atoms with Crippen molar-refractivity contribution in [2.75, 3.05) is 50.7 Å². The number of likely N-dealkylation sites (N-methyl/N-ethyl adjacent to an activating group) is 1. The summed E-state index contributed by atoms with van der Waals surface area (Å²) in [5.74, 6) is 0.230. The quantitative estimate of drug-likeness (QED) is 0.716. The highest BCUT2D eigenvalue weighted by atomic mass is 32.2. The lowest BCUT2D eigenvalue weighted by Crippen LogP contribution is -3.12. The SMILES string of the molecule is CCOc1ccccc1N(CC(=O)N1CC[NH+](C)CC1)S(=O)(=O)c1ccccc1. The van der Waals surface area contributed by atoms with E-state index in [4.69, 9.17) is 4.74 Å². The molecule has 7 nitrogen and oxygen atoms in total. The molecular weight excluding hydrogens is 390 g/mol. The molecule has 0 saturated carbocycles. The van der Waals surface area contributed by atoms with Gasteiger partial charge in [-0.1, -0.05) is 30.3 Å². The first kappa shape index (κ1) is 21.1. The number of carbonyl (C=O) groups is 1. The van der Waals surface area contributed by atoms with Crippen LogP contribution in [0.3, 0.4) is 0 Å². The topological polar surface area (TPSA) is 71.4 Å². The summed E-state index contributed by atoms with van der Waals surface area (Å²) in [6, 6.07) is 15.1. The van der Waals surface area contributed by atoms with E-state index in [1.807, 2.05) is 6.92 Å². The predicted octanol–water partition coefficient (Wildman–Crippen LogP) is 0.638. The maximum atomic E-state index is 13.5. The second-order valence-corrected chi connectivity index (χ2v) is 8.93. The van der Waals surface area contributed by atoms with Gasteiger partial charge in [0.1, 0.15) is 12.3 Å². The fourth-order valence-electron chi connectivity index (χ4n) is 3.32. The molecule has 0 radical (unpaired) electrons. The van der Waals surface area contributed by atoms with Crippen molar-refractivity contribution in [3.8, 4) is 5.75 Å². The average molecular weight is 419 g/mol. The number of ether oxygens (including phenoxy) is 1. The van der Waals surface area contributed by atoms with Gasteiger partial charge >= 0.3 is 0 Å². The van der Waals surface area contributed by atoms with Crippen LogP contribution in [0.4, 0.5) is 5.69 Å². The van der Waals surface area contributed by atoms with Gasteiger partial charge in [0.15, 0.2) is 0 Å². The number of hydrogen-bond donors (Lipinski definition) is 1. The number of benzene rings is 2. The third-order valence-corrected chi connectivity index (χ3v) is 6.79. The number of rotatable bonds is 7. The second kappa shape index (κ2) is 9.28. The van der Waals surface area contributed by atoms with Crippen LogP contribution in [0.25, 0.3) is 0 Å². The van der Waals surface area contributed by atoms with Crippen molar-refractivity contribution in [2.45, 2.75) is 11.8 Å². The van der Waals surface area contributed by atoms with Crippen molar-refractivity contribution in [1.82, 2.24) is 4.90 Å². The van der Waals surface area contributed by atoms with Crippen molar-refractivity contribution in [3.63, 3.8) is 0 Å². The predicted molar refractivity (Wildman–Crippen MR) is 112 cm³/mol. The molecule has 2 aromatic carbocycles. The Bertz CT molecular complexity index is 926. The van der Waals surface area contributed by atoms with Crippen LogP contribution in [0, 0.1) is 0 Å². The van der Waals surface area contributed by atoms with Gasteiger partial charge in [-0.05, 0) is 31.2 Å². The van der Waals surface area contributed by atoms with Crippen molar-refractivity contribution in [1.29, 1.82) is 0 Å². The molecule has 1 aliphatic heterocycles. The van der Waals surface area contributed by atoms with Crippen LogP contribution in [0.15, 0.2) is 59.5 Å². The molecule has 3 rings (SSSR count). The number of sulfonamides is 1. The van der Waals surface area contributed by atoms with E-state index in [2.05, 4.69) is 7.05 Å². The highest BCUT2D eigenvalue weighted by Crippen LogP contribution is 2.32. The first-order valence-electron chi connectivity index (χ1n) is 9.82. The zero-order chi connectivity index (χ0) is 20.9. The van der Waals surface area contributed by atoms with Crippen molar-refractivity contribution in [3.05, 3.63) is 54.6 Å². The molecule has 0 unspecified atom stereocenters. The van der Waals surface area contributed by atoms with Crippen LogP contribution in [0.1, 0.15) is 6.92 Å². The standard InChI is InChI=1S/C21H27N3O4S/c1-3-28-20-12-8-7-11-19(20)24(29(26,27)18-9-5-4-6-10-18)17-21(25)23-15-13-22(2)14-16-23/h4-12H,3,13-17H2,1-2H3/p+1. The van der Waals surface area contributed by atoms with E-state index in [0.29, 0.717) is 31.1 Å².